The standard InChI is InChI=1S/C12H10O.2C5H12O.2C2H6/c1-3-7-11(8-4-1)13-12-9-5-2-6-10-12;2*1-5(2,3)6-4;2*1-2/h1-10H;2*1-4H3;2*1-2H3. The maximum absolute atomic E-state index is 5.58. The van der Waals surface area contributed by atoms with Crippen molar-refractivity contribution in [1.82, 2.24) is 0 Å². The number of rotatable bonds is 2. The van der Waals surface area contributed by atoms with Crippen LogP contribution in [0.1, 0.15) is 69.2 Å². The van der Waals surface area contributed by atoms with Crippen molar-refractivity contribution in [2.45, 2.75) is 80.4 Å². The normalized spacial score (nSPS) is 9.66. The lowest BCUT2D eigenvalue weighted by Crippen LogP contribution is -2.15. The maximum Gasteiger partial charge on any atom is 0.127 e. The highest BCUT2D eigenvalue weighted by molar-refractivity contribution is 5.30. The Hall–Kier alpha value is -1.84. The molecule has 0 aromatic heterocycles. The van der Waals surface area contributed by atoms with Crippen molar-refractivity contribution >= 4 is 0 Å². The number of ether oxygens (including phenoxy) is 3. The first-order valence-corrected chi connectivity index (χ1v) is 10.5. The van der Waals surface area contributed by atoms with Crippen molar-refractivity contribution in [2.24, 2.45) is 0 Å². The van der Waals surface area contributed by atoms with Gasteiger partial charge in [0.2, 0.25) is 0 Å². The number of hydrogen-bond acceptors (Lipinski definition) is 3. The van der Waals surface area contributed by atoms with Gasteiger partial charge in [0, 0.05) is 14.2 Å². The number of benzene rings is 2. The average molecular weight is 407 g/mol. The van der Waals surface area contributed by atoms with Gasteiger partial charge in [-0.15, -0.1) is 0 Å². The van der Waals surface area contributed by atoms with Gasteiger partial charge < -0.3 is 14.2 Å². The van der Waals surface area contributed by atoms with Crippen LogP contribution in [0.5, 0.6) is 11.5 Å². The first-order chi connectivity index (χ1) is 13.6. The molecule has 0 bridgehead atoms. The third-order valence-electron chi connectivity index (χ3n) is 2.95. The van der Waals surface area contributed by atoms with Crippen LogP contribution in [0.4, 0.5) is 0 Å². The SMILES string of the molecule is CC.CC.COC(C)(C)C.COC(C)(C)C.c1ccc(Oc2ccccc2)cc1. The summed E-state index contributed by atoms with van der Waals surface area (Å²) in [6.45, 7) is 20.1. The Morgan fingerprint density at radius 2 is 0.690 bits per heavy atom. The summed E-state index contributed by atoms with van der Waals surface area (Å²) in [5.74, 6) is 1.74. The molecule has 0 fully saturated rings. The molecule has 0 atom stereocenters. The van der Waals surface area contributed by atoms with Crippen molar-refractivity contribution in [3.8, 4) is 11.5 Å². The van der Waals surface area contributed by atoms with E-state index in [1.807, 2.05) is 130 Å². The smallest absolute Gasteiger partial charge is 0.127 e. The van der Waals surface area contributed by atoms with Crippen LogP contribution in [0, 0.1) is 0 Å². The molecule has 0 heterocycles. The first-order valence-electron chi connectivity index (χ1n) is 10.5. The molecule has 0 spiro atoms. The first kappa shape index (κ1) is 31.8. The second-order valence-electron chi connectivity index (χ2n) is 7.36. The maximum atomic E-state index is 5.58. The van der Waals surface area contributed by atoms with Crippen LogP contribution in [0.3, 0.4) is 0 Å². The molecule has 0 aliphatic rings. The predicted octanol–water partition coefficient (Wildman–Crippen LogP) is 8.39. The molecule has 2 aromatic rings. The van der Waals surface area contributed by atoms with Crippen LogP contribution in [-0.2, 0) is 9.47 Å². The van der Waals surface area contributed by atoms with E-state index in [-0.39, 0.29) is 11.2 Å². The van der Waals surface area contributed by atoms with Gasteiger partial charge in [0.15, 0.2) is 0 Å². The summed E-state index contributed by atoms with van der Waals surface area (Å²) in [6.07, 6.45) is 0. The summed E-state index contributed by atoms with van der Waals surface area (Å²) in [5.41, 5.74) is 0.0833. The van der Waals surface area contributed by atoms with Gasteiger partial charge in [-0.1, -0.05) is 64.1 Å². The Balaban J connectivity index is -0.000000360. The molecular weight excluding hydrogens is 360 g/mol. The molecule has 0 unspecified atom stereocenters. The fourth-order valence-corrected chi connectivity index (χ4v) is 1.11. The Kier molecular flexibility index (Phi) is 21.4. The topological polar surface area (TPSA) is 27.7 Å². The lowest BCUT2D eigenvalue weighted by atomic mass is 10.2. The third kappa shape index (κ3) is 26.2. The van der Waals surface area contributed by atoms with E-state index >= 15 is 0 Å². The quantitative estimate of drug-likeness (QED) is 0.501. The van der Waals surface area contributed by atoms with Crippen LogP contribution in [0.15, 0.2) is 60.7 Å². The number of hydrogen-bond donors (Lipinski definition) is 0. The fraction of sp³-hybridized carbons (Fsp3) is 0.538. The Morgan fingerprint density at radius 3 is 0.862 bits per heavy atom. The summed E-state index contributed by atoms with van der Waals surface area (Å²) >= 11 is 0. The van der Waals surface area contributed by atoms with E-state index in [1.165, 1.54) is 0 Å². The molecule has 29 heavy (non-hydrogen) atoms. The van der Waals surface area contributed by atoms with Crippen molar-refractivity contribution in [3.63, 3.8) is 0 Å². The molecule has 168 valence electrons. The van der Waals surface area contributed by atoms with Crippen LogP contribution >= 0.6 is 0 Å². The minimum absolute atomic E-state index is 0.0417. The molecular formula is C26H46O3. The molecule has 0 amide bonds. The van der Waals surface area contributed by atoms with E-state index < -0.39 is 0 Å². The minimum Gasteiger partial charge on any atom is -0.457 e. The highest BCUT2D eigenvalue weighted by atomic mass is 16.5. The highest BCUT2D eigenvalue weighted by Crippen LogP contribution is 2.19. The molecule has 3 heteroatoms. The average Bonchev–Trinajstić information content (AvgIpc) is 2.72. The van der Waals surface area contributed by atoms with E-state index in [1.54, 1.807) is 14.2 Å². The van der Waals surface area contributed by atoms with E-state index in [0.717, 1.165) is 11.5 Å². The van der Waals surface area contributed by atoms with E-state index in [0.29, 0.717) is 0 Å². The third-order valence-corrected chi connectivity index (χ3v) is 2.95. The molecule has 2 rings (SSSR count). The fourth-order valence-electron chi connectivity index (χ4n) is 1.11. The molecule has 0 N–H and O–H groups in total. The second kappa shape index (κ2) is 19.5. The summed E-state index contributed by atoms with van der Waals surface area (Å²) in [7, 11) is 3.42. The summed E-state index contributed by atoms with van der Waals surface area (Å²) in [6, 6.07) is 19.5. The molecule has 3 nitrogen and oxygen atoms in total. The number of methoxy groups -OCH3 is 2. The van der Waals surface area contributed by atoms with Crippen molar-refractivity contribution in [1.29, 1.82) is 0 Å². The van der Waals surface area contributed by atoms with Crippen LogP contribution < -0.4 is 4.74 Å². The molecule has 2 aromatic carbocycles. The molecule has 0 aliphatic carbocycles. The summed E-state index contributed by atoms with van der Waals surface area (Å²) < 4.78 is 15.5. The van der Waals surface area contributed by atoms with Crippen molar-refractivity contribution in [2.75, 3.05) is 14.2 Å². The summed E-state index contributed by atoms with van der Waals surface area (Å²) in [4.78, 5) is 0. The molecule has 0 saturated heterocycles. The summed E-state index contributed by atoms with van der Waals surface area (Å²) in [5, 5.41) is 0. The molecule has 0 saturated carbocycles. The minimum atomic E-state index is 0.0417. The van der Waals surface area contributed by atoms with Crippen molar-refractivity contribution < 1.29 is 14.2 Å². The molecule has 0 aliphatic heterocycles. The van der Waals surface area contributed by atoms with Gasteiger partial charge in [0.05, 0.1) is 11.2 Å². The largest absolute Gasteiger partial charge is 0.457 e. The Labute approximate surface area is 181 Å². The van der Waals surface area contributed by atoms with Gasteiger partial charge in [-0.05, 0) is 65.8 Å². The van der Waals surface area contributed by atoms with Crippen LogP contribution in [0.25, 0.3) is 0 Å². The monoisotopic (exact) mass is 406 g/mol. The highest BCUT2D eigenvalue weighted by Gasteiger charge is 2.04. The second-order valence-corrected chi connectivity index (χ2v) is 7.36. The van der Waals surface area contributed by atoms with E-state index in [9.17, 15) is 0 Å². The van der Waals surface area contributed by atoms with Gasteiger partial charge >= 0.3 is 0 Å². The van der Waals surface area contributed by atoms with Gasteiger partial charge in [-0.25, -0.2) is 0 Å². The van der Waals surface area contributed by atoms with Crippen molar-refractivity contribution in [3.05, 3.63) is 60.7 Å². The zero-order valence-electron chi connectivity index (χ0n) is 21.0. The zero-order chi connectivity index (χ0) is 23.3. The van der Waals surface area contributed by atoms with Gasteiger partial charge in [0.25, 0.3) is 0 Å². The predicted molar refractivity (Wildman–Crippen MR) is 129 cm³/mol. The van der Waals surface area contributed by atoms with Gasteiger partial charge in [-0.2, -0.15) is 0 Å². The van der Waals surface area contributed by atoms with Crippen LogP contribution in [0.2, 0.25) is 0 Å². The van der Waals surface area contributed by atoms with E-state index in [2.05, 4.69) is 0 Å². The lowest BCUT2D eigenvalue weighted by Gasteiger charge is -2.14. The Bertz CT molecular complexity index is 486. The lowest BCUT2D eigenvalue weighted by molar-refractivity contribution is 0.0394. The number of para-hydroxylation sites is 2. The molecule has 0 radical (unpaired) electrons. The van der Waals surface area contributed by atoms with Gasteiger partial charge in [-0.3, -0.25) is 0 Å². The van der Waals surface area contributed by atoms with E-state index in [4.69, 9.17) is 14.2 Å². The van der Waals surface area contributed by atoms with Crippen LogP contribution in [-0.4, -0.2) is 25.4 Å². The Morgan fingerprint density at radius 1 is 0.483 bits per heavy atom. The van der Waals surface area contributed by atoms with Gasteiger partial charge in [0.1, 0.15) is 11.5 Å². The zero-order valence-corrected chi connectivity index (χ0v) is 21.0.